The summed E-state index contributed by atoms with van der Waals surface area (Å²) >= 11 is 0. The molecular weight excluding hydrogens is 352 g/mol. The minimum absolute atomic E-state index is 0.127. The SMILES string of the molecule is COC(=O)[C@]1([C@H](C[N+](=O)[O-])c2ccc(C)cc2)C(=O)NC[C@H]1c1ccco1. The van der Waals surface area contributed by atoms with Crippen LogP contribution in [0.1, 0.15) is 28.7 Å². The van der Waals surface area contributed by atoms with Crippen LogP contribution in [0.5, 0.6) is 0 Å². The lowest BCUT2D eigenvalue weighted by Gasteiger charge is -2.34. The van der Waals surface area contributed by atoms with Gasteiger partial charge < -0.3 is 14.5 Å². The smallest absolute Gasteiger partial charge is 0.323 e. The van der Waals surface area contributed by atoms with E-state index in [1.165, 1.54) is 13.4 Å². The van der Waals surface area contributed by atoms with E-state index in [9.17, 15) is 19.7 Å². The standard InChI is InChI=1S/C19H20N2O6/c1-12-5-7-13(8-6-12)15(11-21(24)25)19(18(23)26-2)14(10-20-17(19)22)16-4-3-9-27-16/h3-9,14-15H,10-11H2,1-2H3,(H,20,22)/t14-,15+,19+/m0/s1. The molecule has 0 saturated carbocycles. The van der Waals surface area contributed by atoms with Crippen LogP contribution >= 0.6 is 0 Å². The van der Waals surface area contributed by atoms with Crippen LogP contribution in [0, 0.1) is 22.5 Å². The number of aryl methyl sites for hydroxylation is 1. The molecule has 1 aromatic heterocycles. The number of esters is 1. The molecule has 0 aliphatic carbocycles. The Morgan fingerprint density at radius 1 is 1.41 bits per heavy atom. The van der Waals surface area contributed by atoms with Crippen molar-refractivity contribution < 1.29 is 23.7 Å². The third-order valence-electron chi connectivity index (χ3n) is 5.16. The summed E-state index contributed by atoms with van der Waals surface area (Å²) in [6.07, 6.45) is 1.44. The number of benzene rings is 1. The number of nitrogens with one attached hydrogen (secondary N) is 1. The summed E-state index contributed by atoms with van der Waals surface area (Å²) in [6.45, 7) is 1.42. The minimum Gasteiger partial charge on any atom is -0.469 e. The van der Waals surface area contributed by atoms with Crippen molar-refractivity contribution in [1.29, 1.82) is 0 Å². The van der Waals surface area contributed by atoms with E-state index in [1.807, 2.05) is 6.92 Å². The van der Waals surface area contributed by atoms with Crippen molar-refractivity contribution in [2.24, 2.45) is 5.41 Å². The lowest BCUT2D eigenvalue weighted by Crippen LogP contribution is -2.49. The summed E-state index contributed by atoms with van der Waals surface area (Å²) in [5.41, 5.74) is -0.310. The van der Waals surface area contributed by atoms with Gasteiger partial charge in [-0.2, -0.15) is 0 Å². The molecule has 0 radical (unpaired) electrons. The molecule has 1 aromatic carbocycles. The van der Waals surface area contributed by atoms with Crippen molar-refractivity contribution in [2.75, 3.05) is 20.2 Å². The fourth-order valence-corrected chi connectivity index (χ4v) is 3.88. The molecule has 0 spiro atoms. The summed E-state index contributed by atoms with van der Waals surface area (Å²) in [4.78, 5) is 36.9. The Hall–Kier alpha value is -3.16. The monoisotopic (exact) mass is 372 g/mol. The van der Waals surface area contributed by atoms with Gasteiger partial charge >= 0.3 is 5.97 Å². The first kappa shape index (κ1) is 18.6. The highest BCUT2D eigenvalue weighted by molar-refractivity contribution is 6.06. The first-order chi connectivity index (χ1) is 12.9. The number of hydrogen-bond donors (Lipinski definition) is 1. The van der Waals surface area contributed by atoms with Gasteiger partial charge in [-0.3, -0.25) is 19.7 Å². The van der Waals surface area contributed by atoms with Crippen LogP contribution in [0.15, 0.2) is 47.1 Å². The summed E-state index contributed by atoms with van der Waals surface area (Å²) in [5, 5.41) is 14.1. The molecule has 27 heavy (non-hydrogen) atoms. The zero-order valence-corrected chi connectivity index (χ0v) is 15.0. The van der Waals surface area contributed by atoms with Gasteiger partial charge in [0.15, 0.2) is 5.41 Å². The molecule has 8 heteroatoms. The van der Waals surface area contributed by atoms with Crippen LogP contribution < -0.4 is 5.32 Å². The minimum atomic E-state index is -1.80. The van der Waals surface area contributed by atoms with Crippen LogP contribution in [-0.4, -0.2) is 37.0 Å². The Morgan fingerprint density at radius 2 is 2.11 bits per heavy atom. The van der Waals surface area contributed by atoms with Crippen molar-refractivity contribution >= 4 is 11.9 Å². The molecule has 1 saturated heterocycles. The van der Waals surface area contributed by atoms with Crippen molar-refractivity contribution in [3.8, 4) is 0 Å². The second-order valence-electron chi connectivity index (χ2n) is 6.62. The van der Waals surface area contributed by atoms with E-state index < -0.39 is 40.6 Å². The molecule has 1 aliphatic heterocycles. The van der Waals surface area contributed by atoms with Crippen molar-refractivity contribution in [3.63, 3.8) is 0 Å². The Morgan fingerprint density at radius 3 is 2.67 bits per heavy atom. The Balaban J connectivity index is 2.23. The average Bonchev–Trinajstić information content (AvgIpc) is 3.28. The molecule has 1 amide bonds. The van der Waals surface area contributed by atoms with Gasteiger partial charge in [0.25, 0.3) is 0 Å². The van der Waals surface area contributed by atoms with Gasteiger partial charge in [0.05, 0.1) is 25.2 Å². The third kappa shape index (κ3) is 3.07. The topological polar surface area (TPSA) is 112 Å². The number of nitro groups is 1. The second kappa shape index (κ2) is 7.22. The van der Waals surface area contributed by atoms with E-state index in [-0.39, 0.29) is 6.54 Å². The van der Waals surface area contributed by atoms with Gasteiger partial charge in [0.2, 0.25) is 12.5 Å². The third-order valence-corrected chi connectivity index (χ3v) is 5.16. The molecule has 1 aliphatic rings. The first-order valence-corrected chi connectivity index (χ1v) is 8.49. The molecule has 8 nitrogen and oxygen atoms in total. The largest absolute Gasteiger partial charge is 0.469 e. The number of nitrogens with zero attached hydrogens (tertiary/aromatic N) is 1. The van der Waals surface area contributed by atoms with Crippen LogP contribution in [0.25, 0.3) is 0 Å². The Kier molecular flexibility index (Phi) is 4.98. The van der Waals surface area contributed by atoms with Crippen LogP contribution in [0.3, 0.4) is 0 Å². The molecule has 3 rings (SSSR count). The van der Waals surface area contributed by atoms with Crippen LogP contribution in [-0.2, 0) is 14.3 Å². The molecule has 3 atom stereocenters. The number of hydrogen-bond acceptors (Lipinski definition) is 6. The summed E-state index contributed by atoms with van der Waals surface area (Å²) < 4.78 is 10.4. The maximum Gasteiger partial charge on any atom is 0.323 e. The molecule has 2 aromatic rings. The van der Waals surface area contributed by atoms with E-state index in [0.29, 0.717) is 11.3 Å². The number of amides is 1. The van der Waals surface area contributed by atoms with Gasteiger partial charge in [-0.25, -0.2) is 0 Å². The highest BCUT2D eigenvalue weighted by Crippen LogP contribution is 2.51. The zero-order chi connectivity index (χ0) is 19.6. The maximum atomic E-state index is 13.0. The van der Waals surface area contributed by atoms with Crippen LogP contribution in [0.4, 0.5) is 0 Å². The van der Waals surface area contributed by atoms with Crippen molar-refractivity contribution in [3.05, 3.63) is 69.7 Å². The van der Waals surface area contributed by atoms with Gasteiger partial charge in [0, 0.05) is 11.5 Å². The summed E-state index contributed by atoms with van der Waals surface area (Å²) in [6, 6.07) is 10.3. The van der Waals surface area contributed by atoms with Gasteiger partial charge in [-0.05, 0) is 24.6 Å². The fourth-order valence-electron chi connectivity index (χ4n) is 3.88. The normalized spacial score (nSPS) is 22.9. The predicted octanol–water partition coefficient (Wildman–Crippen LogP) is 2.02. The molecule has 0 bridgehead atoms. The Labute approximate surface area is 155 Å². The molecule has 142 valence electrons. The quantitative estimate of drug-likeness (QED) is 0.359. The van der Waals surface area contributed by atoms with Gasteiger partial charge in [-0.15, -0.1) is 0 Å². The van der Waals surface area contributed by atoms with Gasteiger partial charge in [0.1, 0.15) is 5.76 Å². The molecule has 0 unspecified atom stereocenters. The van der Waals surface area contributed by atoms with Gasteiger partial charge in [-0.1, -0.05) is 29.8 Å². The molecular formula is C19H20N2O6. The summed E-state index contributed by atoms with van der Waals surface area (Å²) in [7, 11) is 1.17. The van der Waals surface area contributed by atoms with Crippen molar-refractivity contribution in [1.82, 2.24) is 5.32 Å². The highest BCUT2D eigenvalue weighted by atomic mass is 16.6. The van der Waals surface area contributed by atoms with E-state index in [1.54, 1.807) is 36.4 Å². The number of furan rings is 1. The number of ether oxygens (including phenoxy) is 1. The molecule has 1 N–H and O–H groups in total. The lowest BCUT2D eigenvalue weighted by molar-refractivity contribution is -0.485. The van der Waals surface area contributed by atoms with Crippen LogP contribution in [0.2, 0.25) is 0 Å². The van der Waals surface area contributed by atoms with Crippen molar-refractivity contribution in [2.45, 2.75) is 18.8 Å². The predicted molar refractivity (Wildman–Crippen MR) is 94.7 cm³/mol. The maximum absolute atomic E-state index is 13.0. The van der Waals surface area contributed by atoms with E-state index in [0.717, 1.165) is 5.56 Å². The van der Waals surface area contributed by atoms with E-state index >= 15 is 0 Å². The van der Waals surface area contributed by atoms with E-state index in [4.69, 9.17) is 9.15 Å². The number of carbonyl (C=O) groups excluding carboxylic acids is 2. The number of rotatable bonds is 6. The first-order valence-electron chi connectivity index (χ1n) is 8.49. The molecule has 2 heterocycles. The Bertz CT molecular complexity index is 846. The number of carbonyl (C=O) groups is 2. The fraction of sp³-hybridized carbons (Fsp3) is 0.368. The number of methoxy groups -OCH3 is 1. The van der Waals surface area contributed by atoms with E-state index in [2.05, 4.69) is 5.32 Å². The zero-order valence-electron chi connectivity index (χ0n) is 15.0. The summed E-state index contributed by atoms with van der Waals surface area (Å²) in [5.74, 6) is -2.74. The molecule has 1 fully saturated rings. The highest BCUT2D eigenvalue weighted by Gasteiger charge is 2.64. The lowest BCUT2D eigenvalue weighted by atomic mass is 9.64. The second-order valence-corrected chi connectivity index (χ2v) is 6.62. The average molecular weight is 372 g/mol.